The molecule has 0 saturated heterocycles. The van der Waals surface area contributed by atoms with E-state index in [1.807, 2.05) is 12.1 Å². The van der Waals surface area contributed by atoms with E-state index >= 15 is 0 Å². The molecule has 0 aliphatic carbocycles. The van der Waals surface area contributed by atoms with Gasteiger partial charge in [0.25, 0.3) is 0 Å². The Morgan fingerprint density at radius 1 is 1.05 bits per heavy atom. The van der Waals surface area contributed by atoms with Crippen molar-refractivity contribution < 1.29 is 19.1 Å². The van der Waals surface area contributed by atoms with E-state index < -0.39 is 12.1 Å². The Kier molecular flexibility index (Phi) is 3.21. The molecule has 0 amide bonds. The summed E-state index contributed by atoms with van der Waals surface area (Å²) < 4.78 is 10.4. The zero-order valence-corrected chi connectivity index (χ0v) is 10.6. The molecule has 20 heavy (non-hydrogen) atoms. The number of rotatable bonds is 3. The van der Waals surface area contributed by atoms with Gasteiger partial charge in [-0.15, -0.1) is 0 Å². The molecule has 0 spiro atoms. The van der Waals surface area contributed by atoms with Gasteiger partial charge in [-0.1, -0.05) is 36.4 Å². The van der Waals surface area contributed by atoms with Gasteiger partial charge in [-0.05, 0) is 18.2 Å². The van der Waals surface area contributed by atoms with Crippen molar-refractivity contribution in [1.82, 2.24) is 0 Å². The Morgan fingerprint density at radius 2 is 1.75 bits per heavy atom. The maximum atomic E-state index is 11.8. The van der Waals surface area contributed by atoms with Crippen LogP contribution < -0.4 is 0 Å². The summed E-state index contributed by atoms with van der Waals surface area (Å²) in [7, 11) is 0. The zero-order chi connectivity index (χ0) is 13.9. The number of carbonyl (C=O) groups is 2. The maximum absolute atomic E-state index is 11.8. The van der Waals surface area contributed by atoms with Gasteiger partial charge in [-0.3, -0.25) is 0 Å². The van der Waals surface area contributed by atoms with Crippen molar-refractivity contribution in [3.63, 3.8) is 0 Å². The van der Waals surface area contributed by atoms with Gasteiger partial charge in [0.05, 0.1) is 11.1 Å². The van der Waals surface area contributed by atoms with Crippen molar-refractivity contribution in [2.75, 3.05) is 6.61 Å². The Hall–Kier alpha value is -2.62. The van der Waals surface area contributed by atoms with Gasteiger partial charge in [-0.2, -0.15) is 0 Å². The number of benzene rings is 2. The predicted molar refractivity (Wildman–Crippen MR) is 71.3 cm³/mol. The first kappa shape index (κ1) is 12.4. The van der Waals surface area contributed by atoms with Crippen LogP contribution in [0.5, 0.6) is 0 Å². The fourth-order valence-corrected chi connectivity index (χ4v) is 2.15. The van der Waals surface area contributed by atoms with E-state index in [9.17, 15) is 9.59 Å². The van der Waals surface area contributed by atoms with E-state index in [-0.39, 0.29) is 12.6 Å². The van der Waals surface area contributed by atoms with E-state index in [1.54, 1.807) is 42.5 Å². The summed E-state index contributed by atoms with van der Waals surface area (Å²) in [6.07, 6.45) is -0.522. The predicted octanol–water partition coefficient (Wildman–Crippen LogP) is 2.76. The number of cyclic esters (lactones) is 1. The van der Waals surface area contributed by atoms with Gasteiger partial charge in [0, 0.05) is 5.56 Å². The minimum absolute atomic E-state index is 0.0243. The fourth-order valence-electron chi connectivity index (χ4n) is 2.15. The normalized spacial score (nSPS) is 16.4. The second-order valence-electron chi connectivity index (χ2n) is 4.45. The molecule has 100 valence electrons. The molecule has 4 nitrogen and oxygen atoms in total. The first-order valence-electron chi connectivity index (χ1n) is 6.28. The Morgan fingerprint density at radius 3 is 2.55 bits per heavy atom. The molecule has 1 atom stereocenters. The van der Waals surface area contributed by atoms with Crippen LogP contribution in [0.25, 0.3) is 0 Å². The van der Waals surface area contributed by atoms with Crippen LogP contribution in [-0.4, -0.2) is 18.5 Å². The molecule has 0 radical (unpaired) electrons. The second-order valence-corrected chi connectivity index (χ2v) is 4.45. The molecule has 2 aromatic carbocycles. The van der Waals surface area contributed by atoms with E-state index in [0.717, 1.165) is 5.56 Å². The Balaban J connectivity index is 1.69. The molecule has 4 heteroatoms. The van der Waals surface area contributed by atoms with Crippen LogP contribution in [0, 0.1) is 0 Å². The average molecular weight is 268 g/mol. The van der Waals surface area contributed by atoms with Crippen LogP contribution in [0.3, 0.4) is 0 Å². The smallest absolute Gasteiger partial charge is 0.339 e. The summed E-state index contributed by atoms with van der Waals surface area (Å²) in [4.78, 5) is 23.5. The van der Waals surface area contributed by atoms with E-state index in [0.29, 0.717) is 11.1 Å². The molecular weight excluding hydrogens is 256 g/mol. The first-order valence-corrected chi connectivity index (χ1v) is 6.28. The molecule has 1 aliphatic heterocycles. The minimum Gasteiger partial charge on any atom is -0.458 e. The van der Waals surface area contributed by atoms with Crippen LogP contribution in [0.15, 0.2) is 54.6 Å². The largest absolute Gasteiger partial charge is 0.458 e. The van der Waals surface area contributed by atoms with Crippen molar-refractivity contribution in [2.45, 2.75) is 6.10 Å². The van der Waals surface area contributed by atoms with E-state index in [2.05, 4.69) is 0 Å². The van der Waals surface area contributed by atoms with Crippen LogP contribution in [-0.2, 0) is 9.47 Å². The van der Waals surface area contributed by atoms with Crippen LogP contribution in [0.2, 0.25) is 0 Å². The molecular formula is C16H12O4. The van der Waals surface area contributed by atoms with Crippen LogP contribution >= 0.6 is 0 Å². The van der Waals surface area contributed by atoms with Crippen molar-refractivity contribution >= 4 is 11.9 Å². The topological polar surface area (TPSA) is 52.6 Å². The molecule has 3 rings (SSSR count). The third-order valence-electron chi connectivity index (χ3n) is 3.15. The lowest BCUT2D eigenvalue weighted by Gasteiger charge is -2.11. The number of fused-ring (bicyclic) bond motifs is 1. The van der Waals surface area contributed by atoms with Crippen LogP contribution in [0.1, 0.15) is 32.4 Å². The highest BCUT2D eigenvalue weighted by Crippen LogP contribution is 2.30. The van der Waals surface area contributed by atoms with Gasteiger partial charge < -0.3 is 9.47 Å². The highest BCUT2D eigenvalue weighted by atomic mass is 16.6. The van der Waals surface area contributed by atoms with Gasteiger partial charge in [0.1, 0.15) is 6.61 Å². The maximum Gasteiger partial charge on any atom is 0.339 e. The highest BCUT2D eigenvalue weighted by Gasteiger charge is 2.31. The lowest BCUT2D eigenvalue weighted by atomic mass is 10.1. The molecule has 1 heterocycles. The average Bonchev–Trinajstić information content (AvgIpc) is 2.83. The third kappa shape index (κ3) is 2.28. The first-order chi connectivity index (χ1) is 9.75. The van der Waals surface area contributed by atoms with Crippen molar-refractivity contribution in [2.24, 2.45) is 0 Å². The van der Waals surface area contributed by atoms with Crippen molar-refractivity contribution in [3.8, 4) is 0 Å². The van der Waals surface area contributed by atoms with Crippen LogP contribution in [0.4, 0.5) is 0 Å². The Labute approximate surface area is 115 Å². The van der Waals surface area contributed by atoms with Gasteiger partial charge in [0.2, 0.25) is 0 Å². The molecule has 0 fully saturated rings. The number of hydrogen-bond donors (Lipinski definition) is 0. The van der Waals surface area contributed by atoms with E-state index in [4.69, 9.17) is 9.47 Å². The number of hydrogen-bond acceptors (Lipinski definition) is 4. The molecule has 0 saturated carbocycles. The molecule has 0 unspecified atom stereocenters. The summed E-state index contributed by atoms with van der Waals surface area (Å²) in [5.41, 5.74) is 1.77. The lowest BCUT2D eigenvalue weighted by Crippen LogP contribution is -2.13. The quantitative estimate of drug-likeness (QED) is 0.803. The third-order valence-corrected chi connectivity index (χ3v) is 3.15. The summed E-state index contributed by atoms with van der Waals surface area (Å²) in [5, 5.41) is 0. The van der Waals surface area contributed by atoms with Gasteiger partial charge in [0.15, 0.2) is 6.10 Å². The van der Waals surface area contributed by atoms with Gasteiger partial charge >= 0.3 is 11.9 Å². The summed E-state index contributed by atoms with van der Waals surface area (Å²) in [6.45, 7) is 0.0243. The molecule has 0 bridgehead atoms. The standard InChI is InChI=1S/C16H12O4/c17-15(11-6-2-1-3-7-11)19-10-14-12-8-4-5-9-13(12)16(18)20-14/h1-9,14H,10H2/t14-/m0/s1. The Bertz CT molecular complexity index is 649. The van der Waals surface area contributed by atoms with Gasteiger partial charge in [-0.25, -0.2) is 9.59 Å². The minimum atomic E-state index is -0.522. The van der Waals surface area contributed by atoms with E-state index in [1.165, 1.54) is 0 Å². The number of esters is 2. The summed E-state index contributed by atoms with van der Waals surface area (Å²) in [6, 6.07) is 15.8. The SMILES string of the molecule is O=C(OC[C@@H]1OC(=O)c2ccccc21)c1ccccc1. The molecule has 2 aromatic rings. The van der Waals surface area contributed by atoms with Crippen molar-refractivity contribution in [3.05, 3.63) is 71.3 Å². The second kappa shape index (κ2) is 5.17. The summed E-state index contributed by atoms with van der Waals surface area (Å²) >= 11 is 0. The molecule has 0 aromatic heterocycles. The molecule has 1 aliphatic rings. The van der Waals surface area contributed by atoms with Crippen molar-refractivity contribution in [1.29, 1.82) is 0 Å². The number of carbonyl (C=O) groups excluding carboxylic acids is 2. The molecule has 0 N–H and O–H groups in total. The zero-order valence-electron chi connectivity index (χ0n) is 10.6. The number of ether oxygens (including phenoxy) is 2. The lowest BCUT2D eigenvalue weighted by molar-refractivity contribution is 0.00647. The monoisotopic (exact) mass is 268 g/mol. The summed E-state index contributed by atoms with van der Waals surface area (Å²) in [5.74, 6) is -0.799. The highest BCUT2D eigenvalue weighted by molar-refractivity contribution is 5.94. The fraction of sp³-hybridized carbons (Fsp3) is 0.125.